The first-order valence-corrected chi connectivity index (χ1v) is 14.4. The van der Waals surface area contributed by atoms with E-state index in [4.69, 9.17) is 14.2 Å². The summed E-state index contributed by atoms with van der Waals surface area (Å²) in [5.74, 6) is -6.01. The van der Waals surface area contributed by atoms with Crippen molar-refractivity contribution in [2.75, 3.05) is 30.6 Å². The van der Waals surface area contributed by atoms with Gasteiger partial charge in [0.05, 0.1) is 60.2 Å². The minimum Gasteiger partial charge on any atom is -0.497 e. The standard InChI is InChI=1S/C31H29BrN2O8/c1-6-42-29(39)20-15(2)31(32)23-21(25(35)33(27(23)37)16-7-11-18(40-4)12-8-16)30(20,3)22-24(31)28(38)34(26(22)36)17-9-13-19(41-5)14-10-17/h7-14,21-24H,6H2,1-5H3/t21-,22+,23-,24-,30?,31?/m1/s1. The molecule has 3 fully saturated rings. The Balaban J connectivity index is 1.55. The lowest BCUT2D eigenvalue weighted by Crippen LogP contribution is -2.67. The van der Waals surface area contributed by atoms with Gasteiger partial charge in [-0.2, -0.15) is 0 Å². The van der Waals surface area contributed by atoms with E-state index in [2.05, 4.69) is 15.9 Å². The van der Waals surface area contributed by atoms with Gasteiger partial charge in [-0.15, -0.1) is 0 Å². The predicted molar refractivity (Wildman–Crippen MR) is 154 cm³/mol. The number of nitrogens with zero attached hydrogens (tertiary/aromatic N) is 2. The van der Waals surface area contributed by atoms with Crippen LogP contribution in [-0.4, -0.2) is 54.7 Å². The molecule has 2 heterocycles. The molecule has 7 rings (SSSR count). The van der Waals surface area contributed by atoms with Gasteiger partial charge in [-0.1, -0.05) is 22.9 Å². The highest BCUT2D eigenvalue weighted by Gasteiger charge is 2.81. The maximum absolute atomic E-state index is 14.3. The Hall–Kier alpha value is -3.99. The van der Waals surface area contributed by atoms with Crippen LogP contribution in [0.15, 0.2) is 59.7 Å². The molecule has 2 aromatic carbocycles. The van der Waals surface area contributed by atoms with Gasteiger partial charge in [0, 0.05) is 11.0 Å². The van der Waals surface area contributed by atoms with Gasteiger partial charge in [0.25, 0.3) is 0 Å². The van der Waals surface area contributed by atoms with E-state index in [-0.39, 0.29) is 12.2 Å². The summed E-state index contributed by atoms with van der Waals surface area (Å²) in [7, 11) is 3.02. The zero-order chi connectivity index (χ0) is 30.3. The number of carbonyl (C=O) groups excluding carboxylic acids is 5. The summed E-state index contributed by atoms with van der Waals surface area (Å²) in [6, 6.07) is 13.0. The monoisotopic (exact) mass is 636 g/mol. The fraction of sp³-hybridized carbons (Fsp3) is 0.387. The molecule has 2 aromatic rings. The molecule has 218 valence electrons. The molecule has 5 aliphatic rings. The summed E-state index contributed by atoms with van der Waals surface area (Å²) < 4.78 is 14.4. The molecule has 3 aliphatic carbocycles. The lowest BCUT2D eigenvalue weighted by Gasteiger charge is -2.59. The van der Waals surface area contributed by atoms with Crippen molar-refractivity contribution in [1.29, 1.82) is 0 Å². The number of rotatable bonds is 6. The van der Waals surface area contributed by atoms with Crippen LogP contribution in [0.25, 0.3) is 0 Å². The van der Waals surface area contributed by atoms with Crippen molar-refractivity contribution in [3.63, 3.8) is 0 Å². The van der Waals surface area contributed by atoms with Gasteiger partial charge in [0.15, 0.2) is 0 Å². The maximum Gasteiger partial charge on any atom is 0.334 e. The molecular formula is C31H29BrN2O8. The van der Waals surface area contributed by atoms with E-state index in [0.29, 0.717) is 28.4 Å². The van der Waals surface area contributed by atoms with Gasteiger partial charge < -0.3 is 14.2 Å². The first kappa shape index (κ1) is 28.1. The number of ether oxygens (including phenoxy) is 3. The van der Waals surface area contributed by atoms with Crippen LogP contribution in [0.3, 0.4) is 0 Å². The van der Waals surface area contributed by atoms with Gasteiger partial charge >= 0.3 is 5.97 Å². The maximum atomic E-state index is 14.3. The van der Waals surface area contributed by atoms with Gasteiger partial charge in [0.1, 0.15) is 11.5 Å². The molecule has 2 aliphatic heterocycles. The van der Waals surface area contributed by atoms with Crippen molar-refractivity contribution < 1.29 is 38.2 Å². The molecule has 42 heavy (non-hydrogen) atoms. The van der Waals surface area contributed by atoms with Gasteiger partial charge in [-0.05, 0) is 68.0 Å². The summed E-state index contributed by atoms with van der Waals surface area (Å²) in [4.78, 5) is 73.0. The molecule has 2 saturated heterocycles. The molecule has 0 N–H and O–H groups in total. The smallest absolute Gasteiger partial charge is 0.334 e. The number of amides is 4. The number of hydrogen-bond acceptors (Lipinski definition) is 8. The third-order valence-corrected chi connectivity index (χ3v) is 11.0. The molecule has 2 unspecified atom stereocenters. The molecule has 1 saturated carbocycles. The van der Waals surface area contributed by atoms with Crippen LogP contribution < -0.4 is 19.3 Å². The van der Waals surface area contributed by atoms with Gasteiger partial charge in [-0.3, -0.25) is 19.2 Å². The minimum absolute atomic E-state index is 0.0683. The van der Waals surface area contributed by atoms with E-state index < -0.39 is 63.0 Å². The average molecular weight is 637 g/mol. The van der Waals surface area contributed by atoms with Crippen molar-refractivity contribution in [2.24, 2.45) is 29.1 Å². The van der Waals surface area contributed by atoms with Crippen molar-refractivity contribution in [1.82, 2.24) is 0 Å². The van der Waals surface area contributed by atoms with Crippen molar-refractivity contribution in [3.05, 3.63) is 59.7 Å². The molecular weight excluding hydrogens is 608 g/mol. The highest BCUT2D eigenvalue weighted by molar-refractivity contribution is 9.10. The average Bonchev–Trinajstić information content (AvgIpc) is 3.42. The van der Waals surface area contributed by atoms with Crippen LogP contribution in [0, 0.1) is 29.1 Å². The fourth-order valence-corrected chi connectivity index (χ4v) is 8.82. The summed E-state index contributed by atoms with van der Waals surface area (Å²) in [5, 5.41) is 0. The van der Waals surface area contributed by atoms with E-state index >= 15 is 0 Å². The number of imide groups is 2. The molecule has 11 heteroatoms. The van der Waals surface area contributed by atoms with E-state index in [1.54, 1.807) is 69.3 Å². The summed E-state index contributed by atoms with van der Waals surface area (Å²) in [6.07, 6.45) is 0. The second-order valence-electron chi connectivity index (χ2n) is 11.1. The van der Waals surface area contributed by atoms with Crippen LogP contribution in [-0.2, 0) is 28.7 Å². The Kier molecular flexibility index (Phi) is 6.38. The number of hydrogen-bond donors (Lipinski definition) is 0. The van der Waals surface area contributed by atoms with Crippen LogP contribution in [0.2, 0.25) is 0 Å². The Morgan fingerprint density at radius 1 is 0.762 bits per heavy atom. The third-order valence-electron chi connectivity index (χ3n) is 9.44. The van der Waals surface area contributed by atoms with Crippen LogP contribution in [0.5, 0.6) is 11.5 Å². The van der Waals surface area contributed by atoms with Crippen LogP contribution >= 0.6 is 15.9 Å². The van der Waals surface area contributed by atoms with Crippen LogP contribution in [0.1, 0.15) is 20.8 Å². The van der Waals surface area contributed by atoms with Crippen molar-refractivity contribution in [2.45, 2.75) is 25.1 Å². The summed E-state index contributed by atoms with van der Waals surface area (Å²) >= 11 is 3.77. The number of methoxy groups -OCH3 is 2. The first-order chi connectivity index (χ1) is 20.0. The predicted octanol–water partition coefficient (Wildman–Crippen LogP) is 3.66. The summed E-state index contributed by atoms with van der Waals surface area (Å²) in [6.45, 7) is 5.05. The Morgan fingerprint density at radius 2 is 1.14 bits per heavy atom. The molecule has 0 spiro atoms. The second kappa shape index (κ2) is 9.52. The number of allylic oxidation sites excluding steroid dienone is 1. The Bertz CT molecular complexity index is 1490. The molecule has 6 atom stereocenters. The number of carbonyl (C=O) groups is 5. The number of benzene rings is 2. The van der Waals surface area contributed by atoms with Gasteiger partial charge in [0.2, 0.25) is 23.6 Å². The highest BCUT2D eigenvalue weighted by Crippen LogP contribution is 2.72. The Labute approximate surface area is 250 Å². The SMILES string of the molecule is CCOC(=O)C1=C(C)C2(Br)[C@H]3C(=O)N(c4ccc(OC)cc4)C(=O)[C@H]3C1(C)[C@H]1C(=O)N(c3ccc(OC)cc3)C(=O)[C@@H]12. The molecule has 0 aromatic heterocycles. The van der Waals surface area contributed by atoms with Crippen LogP contribution in [0.4, 0.5) is 11.4 Å². The Morgan fingerprint density at radius 3 is 1.50 bits per heavy atom. The third kappa shape index (κ3) is 3.34. The number of halogens is 1. The van der Waals surface area contributed by atoms with Crippen molar-refractivity contribution >= 4 is 56.9 Å². The van der Waals surface area contributed by atoms with Gasteiger partial charge in [-0.25, -0.2) is 14.6 Å². The topological polar surface area (TPSA) is 120 Å². The molecule has 0 radical (unpaired) electrons. The number of esters is 1. The fourth-order valence-electron chi connectivity index (χ4n) is 7.70. The summed E-state index contributed by atoms with van der Waals surface area (Å²) in [5.41, 5.74) is -0.279. The van der Waals surface area contributed by atoms with E-state index in [9.17, 15) is 24.0 Å². The number of alkyl halides is 1. The van der Waals surface area contributed by atoms with Crippen molar-refractivity contribution in [3.8, 4) is 11.5 Å². The second-order valence-corrected chi connectivity index (χ2v) is 12.4. The quantitative estimate of drug-likeness (QED) is 0.268. The highest BCUT2D eigenvalue weighted by atomic mass is 79.9. The minimum atomic E-state index is -1.51. The molecule has 10 nitrogen and oxygen atoms in total. The van der Waals surface area contributed by atoms with E-state index in [1.807, 2.05) is 0 Å². The number of anilines is 2. The zero-order valence-corrected chi connectivity index (χ0v) is 25.3. The molecule has 2 bridgehead atoms. The first-order valence-electron chi connectivity index (χ1n) is 13.6. The lowest BCUT2D eigenvalue weighted by atomic mass is 9.43. The van der Waals surface area contributed by atoms with E-state index in [0.717, 1.165) is 9.80 Å². The normalized spacial score (nSPS) is 31.5. The lowest BCUT2D eigenvalue weighted by molar-refractivity contribution is -0.152. The molecule has 4 amide bonds. The van der Waals surface area contributed by atoms with E-state index in [1.165, 1.54) is 14.2 Å². The zero-order valence-electron chi connectivity index (χ0n) is 23.7. The largest absolute Gasteiger partial charge is 0.497 e.